The molecule has 2 bridgehead atoms. The predicted octanol–water partition coefficient (Wildman–Crippen LogP) is 3.52. The Morgan fingerprint density at radius 1 is 1.08 bits per heavy atom. The van der Waals surface area contributed by atoms with Crippen LogP contribution < -0.4 is 5.32 Å². The van der Waals surface area contributed by atoms with Gasteiger partial charge in [0.2, 0.25) is 5.95 Å². The van der Waals surface area contributed by atoms with Crippen LogP contribution >= 0.6 is 0 Å². The van der Waals surface area contributed by atoms with Gasteiger partial charge in [-0.25, -0.2) is 9.97 Å². The highest BCUT2D eigenvalue weighted by Gasteiger charge is 2.39. The van der Waals surface area contributed by atoms with E-state index < -0.39 is 0 Å². The lowest BCUT2D eigenvalue weighted by molar-refractivity contribution is 0.0455. The first-order valence-corrected chi connectivity index (χ1v) is 9.18. The van der Waals surface area contributed by atoms with Crippen molar-refractivity contribution in [1.82, 2.24) is 19.9 Å². The summed E-state index contributed by atoms with van der Waals surface area (Å²) in [5.41, 5.74) is 3.35. The lowest BCUT2D eigenvalue weighted by Crippen LogP contribution is -2.59. The maximum Gasteiger partial charge on any atom is 0.222 e. The summed E-state index contributed by atoms with van der Waals surface area (Å²) in [6.45, 7) is 4.81. The number of fused-ring (bicyclic) bond motifs is 4. The molecular formula is C20H23N5. The monoisotopic (exact) mass is 333 g/mol. The van der Waals surface area contributed by atoms with E-state index in [1.54, 1.807) is 0 Å². The number of hydrogen-bond acceptors (Lipinski definition) is 4. The fraction of sp³-hybridized carbons (Fsp3) is 0.400. The minimum atomic E-state index is 0.463. The summed E-state index contributed by atoms with van der Waals surface area (Å²) in [5, 5.41) is 4.81. The number of nitrogens with zero attached hydrogens (tertiary/aromatic N) is 3. The van der Waals surface area contributed by atoms with Gasteiger partial charge >= 0.3 is 0 Å². The Kier molecular flexibility index (Phi) is 3.48. The van der Waals surface area contributed by atoms with Crippen molar-refractivity contribution in [2.45, 2.75) is 31.8 Å². The number of aromatic nitrogens is 3. The van der Waals surface area contributed by atoms with Crippen LogP contribution in [0.15, 0.2) is 42.9 Å². The smallest absolute Gasteiger partial charge is 0.222 e. The first-order chi connectivity index (χ1) is 12.3. The second-order valence-corrected chi connectivity index (χ2v) is 7.36. The molecule has 128 valence electrons. The van der Waals surface area contributed by atoms with E-state index in [2.05, 4.69) is 56.4 Å². The zero-order valence-corrected chi connectivity index (χ0v) is 14.4. The van der Waals surface area contributed by atoms with Gasteiger partial charge in [-0.3, -0.25) is 4.90 Å². The van der Waals surface area contributed by atoms with E-state index in [1.165, 1.54) is 31.3 Å². The number of piperidine rings is 3. The van der Waals surface area contributed by atoms with Gasteiger partial charge in [-0.1, -0.05) is 6.07 Å². The third-order valence-electron chi connectivity index (χ3n) is 6.01. The molecule has 2 aromatic heterocycles. The van der Waals surface area contributed by atoms with E-state index in [0.29, 0.717) is 12.1 Å². The van der Waals surface area contributed by atoms with Crippen molar-refractivity contribution in [2.75, 3.05) is 18.4 Å². The second kappa shape index (κ2) is 5.85. The Morgan fingerprint density at radius 3 is 2.64 bits per heavy atom. The molecule has 0 spiro atoms. The van der Waals surface area contributed by atoms with Crippen molar-refractivity contribution in [2.24, 2.45) is 5.92 Å². The molecule has 3 aliphatic heterocycles. The summed E-state index contributed by atoms with van der Waals surface area (Å²) in [5.74, 6) is 1.50. The number of hydrogen-bond donors (Lipinski definition) is 2. The van der Waals surface area contributed by atoms with Gasteiger partial charge in [-0.05, 0) is 67.9 Å². The zero-order chi connectivity index (χ0) is 16.8. The third-order valence-corrected chi connectivity index (χ3v) is 6.01. The molecule has 0 unspecified atom stereocenters. The van der Waals surface area contributed by atoms with Gasteiger partial charge in [-0.15, -0.1) is 0 Å². The summed E-state index contributed by atoms with van der Waals surface area (Å²) in [6.07, 6.45) is 8.39. The van der Waals surface area contributed by atoms with Gasteiger partial charge in [0.25, 0.3) is 0 Å². The molecule has 0 radical (unpaired) electrons. The van der Waals surface area contributed by atoms with Gasteiger partial charge in [0, 0.05) is 41.8 Å². The van der Waals surface area contributed by atoms with E-state index >= 15 is 0 Å². The lowest BCUT2D eigenvalue weighted by Gasteiger charge is -2.49. The van der Waals surface area contributed by atoms with Crippen molar-refractivity contribution in [3.05, 3.63) is 42.9 Å². The number of benzene rings is 1. The summed E-state index contributed by atoms with van der Waals surface area (Å²) in [7, 11) is 0. The first kappa shape index (κ1) is 14.9. The Hall–Kier alpha value is -2.40. The molecule has 2 N–H and O–H groups in total. The van der Waals surface area contributed by atoms with Gasteiger partial charge in [0.05, 0.1) is 0 Å². The number of aromatic amines is 1. The standard InChI is InChI=1S/C20H23N5/c1-13-19(14-5-8-25(13)9-6-14)24-20-22-11-17(12-23-20)15-2-3-18-16(10-15)4-7-21-18/h2-4,7,10-14,19,21H,5-6,8-9H2,1H3,(H,22,23,24)/t13-,19+/m1/s1. The van der Waals surface area contributed by atoms with Crippen LogP contribution in [0.5, 0.6) is 0 Å². The molecule has 3 aromatic rings. The van der Waals surface area contributed by atoms with Gasteiger partial charge in [0.1, 0.15) is 0 Å². The maximum absolute atomic E-state index is 4.59. The fourth-order valence-corrected chi connectivity index (χ4v) is 4.48. The largest absolute Gasteiger partial charge is 0.361 e. The highest BCUT2D eigenvalue weighted by Crippen LogP contribution is 2.33. The fourth-order valence-electron chi connectivity index (χ4n) is 4.48. The van der Waals surface area contributed by atoms with Crippen LogP contribution in [0.1, 0.15) is 19.8 Å². The highest BCUT2D eigenvalue weighted by atomic mass is 15.2. The number of anilines is 1. The molecule has 6 rings (SSSR count). The average molecular weight is 333 g/mol. The van der Waals surface area contributed by atoms with Crippen LogP contribution in [0.3, 0.4) is 0 Å². The van der Waals surface area contributed by atoms with E-state index in [4.69, 9.17) is 0 Å². The van der Waals surface area contributed by atoms with E-state index in [1.807, 2.05) is 18.6 Å². The highest BCUT2D eigenvalue weighted by molar-refractivity contribution is 5.84. The normalized spacial score (nSPS) is 28.4. The molecule has 0 aliphatic carbocycles. The van der Waals surface area contributed by atoms with Crippen LogP contribution in [0.2, 0.25) is 0 Å². The second-order valence-electron chi connectivity index (χ2n) is 7.36. The molecule has 3 saturated heterocycles. The molecule has 25 heavy (non-hydrogen) atoms. The quantitative estimate of drug-likeness (QED) is 0.770. The molecule has 5 nitrogen and oxygen atoms in total. The van der Waals surface area contributed by atoms with Crippen molar-refractivity contribution in [3.8, 4) is 11.1 Å². The van der Waals surface area contributed by atoms with Crippen LogP contribution in [-0.4, -0.2) is 45.0 Å². The minimum absolute atomic E-state index is 0.463. The average Bonchev–Trinajstić information content (AvgIpc) is 3.13. The summed E-state index contributed by atoms with van der Waals surface area (Å²) >= 11 is 0. The Balaban J connectivity index is 1.36. The van der Waals surface area contributed by atoms with Crippen LogP contribution in [0.25, 0.3) is 22.0 Å². The molecular weight excluding hydrogens is 310 g/mol. The third kappa shape index (κ3) is 2.59. The SMILES string of the molecule is C[C@@H]1[C@H](Nc2ncc(-c3ccc4[nH]ccc4c3)cn2)C2CCN1CC2. The first-order valence-electron chi connectivity index (χ1n) is 9.18. The molecule has 3 aliphatic rings. The molecule has 3 fully saturated rings. The Bertz CT molecular complexity index is 874. The lowest BCUT2D eigenvalue weighted by atomic mass is 9.79. The number of H-pyrrole nitrogens is 1. The Labute approximate surface area is 147 Å². The van der Waals surface area contributed by atoms with Crippen LogP contribution in [0, 0.1) is 5.92 Å². The van der Waals surface area contributed by atoms with Crippen LogP contribution in [0.4, 0.5) is 5.95 Å². The van der Waals surface area contributed by atoms with E-state index in [-0.39, 0.29) is 0 Å². The topological polar surface area (TPSA) is 56.8 Å². The summed E-state index contributed by atoms with van der Waals surface area (Å²) in [6, 6.07) is 9.50. The van der Waals surface area contributed by atoms with Crippen molar-refractivity contribution < 1.29 is 0 Å². The van der Waals surface area contributed by atoms with Crippen molar-refractivity contribution in [1.29, 1.82) is 0 Å². The van der Waals surface area contributed by atoms with Crippen molar-refractivity contribution in [3.63, 3.8) is 0 Å². The van der Waals surface area contributed by atoms with Gasteiger partial charge < -0.3 is 10.3 Å². The molecule has 2 atom stereocenters. The van der Waals surface area contributed by atoms with Crippen LogP contribution in [-0.2, 0) is 0 Å². The molecule has 5 heterocycles. The number of rotatable bonds is 3. The molecule has 1 aromatic carbocycles. The van der Waals surface area contributed by atoms with Gasteiger partial charge in [0.15, 0.2) is 0 Å². The molecule has 5 heteroatoms. The Morgan fingerprint density at radius 2 is 1.88 bits per heavy atom. The molecule has 0 saturated carbocycles. The van der Waals surface area contributed by atoms with E-state index in [9.17, 15) is 0 Å². The maximum atomic E-state index is 4.59. The zero-order valence-electron chi connectivity index (χ0n) is 14.4. The minimum Gasteiger partial charge on any atom is -0.361 e. The predicted molar refractivity (Wildman–Crippen MR) is 100 cm³/mol. The molecule has 0 amide bonds. The van der Waals surface area contributed by atoms with Crippen molar-refractivity contribution >= 4 is 16.9 Å². The summed E-state index contributed by atoms with van der Waals surface area (Å²) in [4.78, 5) is 15.0. The summed E-state index contributed by atoms with van der Waals surface area (Å²) < 4.78 is 0. The van der Waals surface area contributed by atoms with E-state index in [0.717, 1.165) is 28.5 Å². The number of nitrogens with one attached hydrogen (secondary N) is 2. The van der Waals surface area contributed by atoms with Gasteiger partial charge in [-0.2, -0.15) is 0 Å².